The first-order valence-corrected chi connectivity index (χ1v) is 7.80. The van der Waals surface area contributed by atoms with Crippen molar-refractivity contribution in [2.24, 2.45) is 17.8 Å². The Balaban J connectivity index is 2.65. The number of esters is 1. The summed E-state index contributed by atoms with van der Waals surface area (Å²) in [6.07, 6.45) is 0. The Labute approximate surface area is 129 Å². The first-order chi connectivity index (χ1) is 9.97. The van der Waals surface area contributed by atoms with E-state index in [0.29, 0.717) is 24.3 Å². The summed E-state index contributed by atoms with van der Waals surface area (Å²) >= 11 is 0. The zero-order valence-corrected chi connectivity index (χ0v) is 13.9. The molecule has 21 heavy (non-hydrogen) atoms. The lowest BCUT2D eigenvalue weighted by Crippen LogP contribution is -2.34. The van der Waals surface area contributed by atoms with Crippen LogP contribution in [0.4, 0.5) is 0 Å². The van der Waals surface area contributed by atoms with Crippen molar-refractivity contribution in [2.45, 2.75) is 33.6 Å². The van der Waals surface area contributed by atoms with Gasteiger partial charge in [0.1, 0.15) is 0 Å². The summed E-state index contributed by atoms with van der Waals surface area (Å²) in [5.74, 6) is 1.45. The zero-order valence-electron chi connectivity index (χ0n) is 13.9. The molecule has 0 fully saturated rings. The van der Waals surface area contributed by atoms with E-state index in [9.17, 15) is 4.79 Å². The first-order valence-electron chi connectivity index (χ1n) is 7.80. The van der Waals surface area contributed by atoms with Crippen LogP contribution >= 0.6 is 0 Å². The van der Waals surface area contributed by atoms with Crippen molar-refractivity contribution in [2.75, 3.05) is 20.2 Å². The Kier molecular flexibility index (Phi) is 7.44. The summed E-state index contributed by atoms with van der Waals surface area (Å²) in [5.41, 5.74) is 1.00. The Morgan fingerprint density at radius 3 is 2.10 bits per heavy atom. The van der Waals surface area contributed by atoms with E-state index in [0.717, 1.165) is 12.1 Å². The number of rotatable bonds is 8. The van der Waals surface area contributed by atoms with Gasteiger partial charge in [-0.1, -0.05) is 58.0 Å². The average molecular weight is 291 g/mol. The molecule has 0 heterocycles. The van der Waals surface area contributed by atoms with E-state index in [4.69, 9.17) is 4.74 Å². The molecule has 3 nitrogen and oxygen atoms in total. The molecule has 1 N–H and O–H groups in total. The number of ether oxygens (including phenoxy) is 1. The van der Waals surface area contributed by atoms with E-state index < -0.39 is 0 Å². The van der Waals surface area contributed by atoms with Gasteiger partial charge in [0.15, 0.2) is 0 Å². The zero-order chi connectivity index (χ0) is 15.8. The van der Waals surface area contributed by atoms with E-state index >= 15 is 0 Å². The third-order valence-corrected chi connectivity index (χ3v) is 4.13. The van der Waals surface area contributed by atoms with Crippen LogP contribution in [0.2, 0.25) is 0 Å². The first kappa shape index (κ1) is 17.7. The van der Waals surface area contributed by atoms with Crippen molar-refractivity contribution < 1.29 is 9.53 Å². The predicted octanol–water partition coefficient (Wildman–Crippen LogP) is 3.46. The molecule has 0 aliphatic heterocycles. The molecule has 1 atom stereocenters. The second-order valence-electron chi connectivity index (χ2n) is 6.30. The molecule has 0 radical (unpaired) electrons. The van der Waals surface area contributed by atoms with E-state index in [1.807, 2.05) is 30.3 Å². The number of carbonyl (C=O) groups excluding carboxylic acids is 1. The summed E-state index contributed by atoms with van der Waals surface area (Å²) in [7, 11) is 1.45. The van der Waals surface area contributed by atoms with Crippen LogP contribution in [0.3, 0.4) is 0 Å². The number of hydrogen-bond acceptors (Lipinski definition) is 3. The van der Waals surface area contributed by atoms with Gasteiger partial charge in [-0.05, 0) is 29.9 Å². The van der Waals surface area contributed by atoms with Crippen LogP contribution in [0.1, 0.15) is 39.2 Å². The molecule has 0 saturated heterocycles. The van der Waals surface area contributed by atoms with Crippen LogP contribution in [0.5, 0.6) is 0 Å². The van der Waals surface area contributed by atoms with Crippen LogP contribution in [0.15, 0.2) is 30.3 Å². The highest BCUT2D eigenvalue weighted by Gasteiger charge is 2.22. The van der Waals surface area contributed by atoms with E-state index in [2.05, 4.69) is 33.0 Å². The van der Waals surface area contributed by atoms with Crippen molar-refractivity contribution in [3.05, 3.63) is 35.9 Å². The molecule has 0 aliphatic carbocycles. The SMILES string of the molecule is COC(=O)C(CNCC(C(C)C)C(C)C)c1ccccc1. The van der Waals surface area contributed by atoms with Crippen LogP contribution in [0.25, 0.3) is 0 Å². The minimum Gasteiger partial charge on any atom is -0.469 e. The molecule has 1 aromatic carbocycles. The summed E-state index contributed by atoms with van der Waals surface area (Å²) in [6, 6.07) is 9.82. The Hall–Kier alpha value is -1.35. The van der Waals surface area contributed by atoms with Crippen molar-refractivity contribution >= 4 is 5.97 Å². The molecule has 0 aromatic heterocycles. The predicted molar refractivity (Wildman–Crippen MR) is 87.2 cm³/mol. The van der Waals surface area contributed by atoms with Gasteiger partial charge in [-0.25, -0.2) is 0 Å². The molecule has 1 rings (SSSR count). The quantitative estimate of drug-likeness (QED) is 0.745. The number of methoxy groups -OCH3 is 1. The molecular formula is C18H29NO2. The minimum atomic E-state index is -0.240. The van der Waals surface area contributed by atoms with Crippen LogP contribution in [-0.4, -0.2) is 26.2 Å². The van der Waals surface area contributed by atoms with Gasteiger partial charge in [0.2, 0.25) is 0 Å². The molecule has 0 bridgehead atoms. The fourth-order valence-electron chi connectivity index (χ4n) is 2.80. The van der Waals surface area contributed by atoms with Crippen LogP contribution in [-0.2, 0) is 9.53 Å². The highest BCUT2D eigenvalue weighted by Crippen LogP contribution is 2.20. The fourth-order valence-corrected chi connectivity index (χ4v) is 2.80. The number of benzene rings is 1. The smallest absolute Gasteiger partial charge is 0.314 e. The monoisotopic (exact) mass is 291 g/mol. The lowest BCUT2D eigenvalue weighted by atomic mass is 9.85. The lowest BCUT2D eigenvalue weighted by Gasteiger charge is -2.26. The third-order valence-electron chi connectivity index (χ3n) is 4.13. The standard InChI is InChI=1S/C18H29NO2/c1-13(2)16(14(3)4)11-19-12-17(18(20)21-5)15-9-7-6-8-10-15/h6-10,13-14,16-17,19H,11-12H2,1-5H3. The van der Waals surface area contributed by atoms with Crippen LogP contribution < -0.4 is 5.32 Å². The second kappa shape index (κ2) is 8.83. The largest absolute Gasteiger partial charge is 0.469 e. The molecular weight excluding hydrogens is 262 g/mol. The van der Waals surface area contributed by atoms with Gasteiger partial charge >= 0.3 is 5.97 Å². The molecule has 0 spiro atoms. The van der Waals surface area contributed by atoms with E-state index in [-0.39, 0.29) is 11.9 Å². The van der Waals surface area contributed by atoms with Crippen LogP contribution in [0, 0.1) is 17.8 Å². The van der Waals surface area contributed by atoms with Gasteiger partial charge in [0.05, 0.1) is 13.0 Å². The number of hydrogen-bond donors (Lipinski definition) is 1. The topological polar surface area (TPSA) is 38.3 Å². The molecule has 0 saturated carbocycles. The van der Waals surface area contributed by atoms with Gasteiger partial charge in [0, 0.05) is 6.54 Å². The van der Waals surface area contributed by atoms with Gasteiger partial charge in [0.25, 0.3) is 0 Å². The lowest BCUT2D eigenvalue weighted by molar-refractivity contribution is -0.142. The van der Waals surface area contributed by atoms with Crippen molar-refractivity contribution in [1.82, 2.24) is 5.32 Å². The molecule has 1 unspecified atom stereocenters. The second-order valence-corrected chi connectivity index (χ2v) is 6.30. The summed E-state index contributed by atoms with van der Waals surface area (Å²) < 4.78 is 4.94. The average Bonchev–Trinajstić information content (AvgIpc) is 2.46. The summed E-state index contributed by atoms with van der Waals surface area (Å²) in [4.78, 5) is 12.0. The molecule has 0 aliphatic rings. The van der Waals surface area contributed by atoms with Gasteiger partial charge in [-0.3, -0.25) is 4.79 Å². The maximum absolute atomic E-state index is 12.0. The van der Waals surface area contributed by atoms with Crippen molar-refractivity contribution in [1.29, 1.82) is 0 Å². The maximum atomic E-state index is 12.0. The van der Waals surface area contributed by atoms with Crippen molar-refractivity contribution in [3.8, 4) is 0 Å². The van der Waals surface area contributed by atoms with Gasteiger partial charge in [-0.2, -0.15) is 0 Å². The van der Waals surface area contributed by atoms with E-state index in [1.165, 1.54) is 7.11 Å². The molecule has 0 amide bonds. The fraction of sp³-hybridized carbons (Fsp3) is 0.611. The summed E-state index contributed by atoms with van der Waals surface area (Å²) in [6.45, 7) is 10.5. The molecule has 1 aromatic rings. The Morgan fingerprint density at radius 2 is 1.62 bits per heavy atom. The minimum absolute atomic E-state index is 0.181. The highest BCUT2D eigenvalue weighted by molar-refractivity contribution is 5.78. The molecule has 3 heteroatoms. The highest BCUT2D eigenvalue weighted by atomic mass is 16.5. The molecule has 118 valence electrons. The maximum Gasteiger partial charge on any atom is 0.314 e. The Bertz CT molecular complexity index is 406. The van der Waals surface area contributed by atoms with E-state index in [1.54, 1.807) is 0 Å². The third kappa shape index (κ3) is 5.50. The summed E-state index contributed by atoms with van der Waals surface area (Å²) in [5, 5.41) is 3.46. The number of carbonyl (C=O) groups is 1. The normalized spacial score (nSPS) is 13.0. The van der Waals surface area contributed by atoms with Gasteiger partial charge in [-0.15, -0.1) is 0 Å². The van der Waals surface area contributed by atoms with Crippen molar-refractivity contribution in [3.63, 3.8) is 0 Å². The number of nitrogens with one attached hydrogen (secondary N) is 1. The Morgan fingerprint density at radius 1 is 1.05 bits per heavy atom. The van der Waals surface area contributed by atoms with Gasteiger partial charge < -0.3 is 10.1 Å².